The zero-order chi connectivity index (χ0) is 16.7. The van der Waals surface area contributed by atoms with E-state index in [9.17, 15) is 0 Å². The minimum Gasteiger partial charge on any atom is -0.165 e. The summed E-state index contributed by atoms with van der Waals surface area (Å²) >= 11 is 0. The van der Waals surface area contributed by atoms with Gasteiger partial charge in [0, 0.05) is 9.52 Å². The molecule has 0 saturated heterocycles. The van der Waals surface area contributed by atoms with Gasteiger partial charge in [-0.05, 0) is 0 Å². The van der Waals surface area contributed by atoms with Gasteiger partial charge in [0.25, 0.3) is 0 Å². The van der Waals surface area contributed by atoms with Crippen LogP contribution in [0.3, 0.4) is 0 Å². The van der Waals surface area contributed by atoms with Gasteiger partial charge in [-0.2, -0.15) is 12.1 Å². The second kappa shape index (κ2) is 10.6. The van der Waals surface area contributed by atoms with Crippen LogP contribution in [0.15, 0.2) is 72.8 Å². The van der Waals surface area contributed by atoms with Crippen LogP contribution < -0.4 is 0 Å². The Hall–Kier alpha value is -1.24. The predicted molar refractivity (Wildman–Crippen MR) is 106 cm³/mol. The van der Waals surface area contributed by atoms with Crippen LogP contribution in [0.2, 0.25) is 13.1 Å². The van der Waals surface area contributed by atoms with E-state index < -0.39 is 0 Å². The number of rotatable bonds is 0. The molecule has 0 bridgehead atoms. The van der Waals surface area contributed by atoms with Gasteiger partial charge in [-0.1, -0.05) is 39.1 Å². The molecule has 0 aliphatic carbocycles. The Balaban J connectivity index is 0.000000200. The molecule has 4 aromatic rings. The monoisotopic (exact) mass is 406 g/mol. The molecule has 0 amide bonds. The van der Waals surface area contributed by atoms with E-state index in [1.54, 1.807) is 0 Å². The quantitative estimate of drug-likeness (QED) is 0.230. The van der Waals surface area contributed by atoms with E-state index in [4.69, 9.17) is 0 Å². The van der Waals surface area contributed by atoms with E-state index in [0.717, 1.165) is 9.52 Å². The van der Waals surface area contributed by atoms with Crippen molar-refractivity contribution >= 4 is 31.1 Å². The second-order valence-electron chi connectivity index (χ2n) is 5.82. The van der Waals surface area contributed by atoms with Crippen molar-refractivity contribution in [3.05, 3.63) is 83.9 Å². The Bertz CT molecular complexity index is 716. The third-order valence-electron chi connectivity index (χ3n) is 3.52. The van der Waals surface area contributed by atoms with Crippen molar-refractivity contribution < 1.29 is 26.2 Å². The molecular formula is C22H24SiZr. The summed E-state index contributed by atoms with van der Waals surface area (Å²) in [6.07, 6.45) is 0. The molecule has 0 unspecified atom stereocenters. The smallest absolute Gasteiger partial charge is 0.165 e. The molecule has 0 fully saturated rings. The van der Waals surface area contributed by atoms with Gasteiger partial charge in [-0.3, -0.25) is 0 Å². The number of fused-ring (bicyclic) bond motifs is 2. The van der Waals surface area contributed by atoms with E-state index in [-0.39, 0.29) is 26.2 Å². The van der Waals surface area contributed by atoms with Crippen molar-refractivity contribution in [1.29, 1.82) is 0 Å². The standard InChI is InChI=1S/2C10H9.C2H6Si.Zr/c2*1-8-6-9-4-2-3-5-10(9)7-8;1-3-2;/h2*2-7H,1H3;1-2H3;/q2*-1;;+2. The molecule has 4 rings (SSSR count). The maximum absolute atomic E-state index is 2.20. The molecule has 0 aliphatic rings. The maximum atomic E-state index is 2.20. The number of hydrogen-bond acceptors (Lipinski definition) is 0. The van der Waals surface area contributed by atoms with Crippen LogP contribution in [0.1, 0.15) is 11.1 Å². The van der Waals surface area contributed by atoms with Crippen molar-refractivity contribution in [2.75, 3.05) is 0 Å². The van der Waals surface area contributed by atoms with Gasteiger partial charge < -0.3 is 0 Å². The Morgan fingerprint density at radius 3 is 1.33 bits per heavy atom. The SMILES string of the molecule is C[Si]C.Cc1cc2ccccc2[cH-]1.Cc1cc2ccccc2[cH-]1.[Zr+2]. The van der Waals surface area contributed by atoms with Crippen LogP contribution in [-0.4, -0.2) is 9.52 Å². The summed E-state index contributed by atoms with van der Waals surface area (Å²) in [5.74, 6) is 0. The number of hydrogen-bond donors (Lipinski definition) is 0. The van der Waals surface area contributed by atoms with E-state index in [2.05, 4.69) is 99.7 Å². The molecule has 2 radical (unpaired) electrons. The summed E-state index contributed by atoms with van der Waals surface area (Å²) in [5.41, 5.74) is 2.70. The van der Waals surface area contributed by atoms with E-state index in [1.807, 2.05) is 0 Å². The van der Waals surface area contributed by atoms with Crippen LogP contribution >= 0.6 is 0 Å². The topological polar surface area (TPSA) is 0 Å². The van der Waals surface area contributed by atoms with E-state index in [1.165, 1.54) is 32.7 Å². The Kier molecular flexibility index (Phi) is 9.18. The molecule has 4 aromatic carbocycles. The first kappa shape index (κ1) is 20.8. The largest absolute Gasteiger partial charge is 2.00 e. The summed E-state index contributed by atoms with van der Waals surface area (Å²) in [6.45, 7) is 8.56. The Labute approximate surface area is 167 Å². The molecule has 0 N–H and O–H groups in total. The van der Waals surface area contributed by atoms with Gasteiger partial charge >= 0.3 is 26.2 Å². The van der Waals surface area contributed by atoms with Crippen molar-refractivity contribution in [1.82, 2.24) is 0 Å². The van der Waals surface area contributed by atoms with Gasteiger partial charge in [0.1, 0.15) is 0 Å². The maximum Gasteiger partial charge on any atom is 2.00 e. The molecule has 0 aromatic heterocycles. The molecule has 0 saturated carbocycles. The van der Waals surface area contributed by atoms with Crippen LogP contribution in [-0.2, 0) is 26.2 Å². The van der Waals surface area contributed by atoms with Crippen LogP contribution in [0.4, 0.5) is 0 Å². The van der Waals surface area contributed by atoms with Gasteiger partial charge in [0.15, 0.2) is 0 Å². The minimum atomic E-state index is 0. The van der Waals surface area contributed by atoms with Crippen molar-refractivity contribution in [3.8, 4) is 0 Å². The zero-order valence-corrected chi connectivity index (χ0v) is 18.4. The summed E-state index contributed by atoms with van der Waals surface area (Å²) in [5, 5.41) is 5.39. The molecule has 0 heterocycles. The zero-order valence-electron chi connectivity index (χ0n) is 14.9. The van der Waals surface area contributed by atoms with Gasteiger partial charge in [0.05, 0.1) is 0 Å². The fraction of sp³-hybridized carbons (Fsp3) is 0.182. The first-order valence-corrected chi connectivity index (χ1v) is 9.96. The fourth-order valence-electron chi connectivity index (χ4n) is 2.61. The van der Waals surface area contributed by atoms with Gasteiger partial charge in [-0.25, -0.2) is 0 Å². The molecule has 0 spiro atoms. The van der Waals surface area contributed by atoms with Crippen LogP contribution in [0.25, 0.3) is 21.5 Å². The van der Waals surface area contributed by atoms with Crippen LogP contribution in [0.5, 0.6) is 0 Å². The Morgan fingerprint density at radius 2 is 1.00 bits per heavy atom. The van der Waals surface area contributed by atoms with Crippen LogP contribution in [0, 0.1) is 13.8 Å². The van der Waals surface area contributed by atoms with Crippen molar-refractivity contribution in [2.24, 2.45) is 0 Å². The van der Waals surface area contributed by atoms with E-state index in [0.29, 0.717) is 0 Å². The first-order valence-electron chi connectivity index (χ1n) is 7.96. The summed E-state index contributed by atoms with van der Waals surface area (Å²) in [6, 6.07) is 25.7. The molecule has 0 nitrogen and oxygen atoms in total. The molecule has 0 aliphatic heterocycles. The molecule has 24 heavy (non-hydrogen) atoms. The minimum absolute atomic E-state index is 0. The summed E-state index contributed by atoms with van der Waals surface area (Å²) in [7, 11) is 1.08. The molecule has 120 valence electrons. The molecule has 0 atom stereocenters. The van der Waals surface area contributed by atoms with Crippen molar-refractivity contribution in [2.45, 2.75) is 26.9 Å². The van der Waals surface area contributed by atoms with Gasteiger partial charge in [0.2, 0.25) is 0 Å². The predicted octanol–water partition coefficient (Wildman–Crippen LogP) is 6.52. The normalized spacial score (nSPS) is 9.50. The average Bonchev–Trinajstić information content (AvgIpc) is 3.08. The summed E-state index contributed by atoms with van der Waals surface area (Å²) in [4.78, 5) is 0. The average molecular weight is 408 g/mol. The van der Waals surface area contributed by atoms with Gasteiger partial charge in [-0.15, -0.1) is 81.2 Å². The number of aryl methyl sites for hydroxylation is 2. The molecular weight excluding hydrogens is 384 g/mol. The first-order chi connectivity index (χ1) is 11.1. The molecule has 2 heteroatoms. The number of benzene rings is 2. The third kappa shape index (κ3) is 6.00. The van der Waals surface area contributed by atoms with E-state index >= 15 is 0 Å². The second-order valence-corrected chi connectivity index (χ2v) is 6.82. The summed E-state index contributed by atoms with van der Waals surface area (Å²) < 4.78 is 0. The fourth-order valence-corrected chi connectivity index (χ4v) is 2.61. The Morgan fingerprint density at radius 1 is 0.667 bits per heavy atom. The van der Waals surface area contributed by atoms with Crippen molar-refractivity contribution in [3.63, 3.8) is 0 Å². The third-order valence-corrected chi connectivity index (χ3v) is 3.52.